The topological polar surface area (TPSA) is 92.2 Å². The number of hydrogen-bond donors (Lipinski definition) is 1. The van der Waals surface area contributed by atoms with Crippen molar-refractivity contribution in [3.63, 3.8) is 0 Å². The van der Waals surface area contributed by atoms with Crippen molar-refractivity contribution >= 4 is 17.7 Å². The average Bonchev–Trinajstić information content (AvgIpc) is 3.06. The lowest BCUT2D eigenvalue weighted by Crippen LogP contribution is -2.30. The van der Waals surface area contributed by atoms with Crippen molar-refractivity contribution in [2.75, 3.05) is 25.1 Å². The molecule has 8 nitrogen and oxygen atoms in total. The molecule has 0 saturated carbocycles. The van der Waals surface area contributed by atoms with Crippen LogP contribution in [0.1, 0.15) is 23.0 Å². The highest BCUT2D eigenvalue weighted by molar-refractivity contribution is 5.92. The summed E-state index contributed by atoms with van der Waals surface area (Å²) in [5, 5.41) is 10.4. The van der Waals surface area contributed by atoms with E-state index in [2.05, 4.69) is 4.98 Å². The second kappa shape index (κ2) is 7.40. The van der Waals surface area contributed by atoms with E-state index >= 15 is 0 Å². The Balaban J connectivity index is 1.79. The standard InChI is InChI=1S/C18H19N3O5/c1-3-21(25-2)17(22)15-11-14(6-8-19-15)26-13-4-5-16-12(10-13)7-9-20(16)18(23)24/h4-6,8,10-11H,3,7,9H2,1-2H3,(H,23,24). The van der Waals surface area contributed by atoms with Crippen LogP contribution in [0, 0.1) is 0 Å². The second-order valence-electron chi connectivity index (χ2n) is 5.64. The lowest BCUT2D eigenvalue weighted by molar-refractivity contribution is -0.0918. The lowest BCUT2D eigenvalue weighted by Gasteiger charge is -2.17. The SMILES string of the molecule is CCN(OC)C(=O)c1cc(Oc2ccc3c(c2)CCN3C(=O)O)ccn1. The first-order chi connectivity index (χ1) is 12.5. The number of rotatable bonds is 5. The maximum Gasteiger partial charge on any atom is 0.411 e. The van der Waals surface area contributed by atoms with Crippen LogP contribution in [0.25, 0.3) is 0 Å². The van der Waals surface area contributed by atoms with E-state index in [1.165, 1.54) is 23.3 Å². The molecule has 2 heterocycles. The van der Waals surface area contributed by atoms with E-state index in [-0.39, 0.29) is 11.6 Å². The van der Waals surface area contributed by atoms with Gasteiger partial charge in [-0.2, -0.15) is 0 Å². The van der Waals surface area contributed by atoms with Gasteiger partial charge in [-0.1, -0.05) is 0 Å². The van der Waals surface area contributed by atoms with Gasteiger partial charge in [-0.3, -0.25) is 19.5 Å². The zero-order chi connectivity index (χ0) is 18.7. The van der Waals surface area contributed by atoms with Crippen LogP contribution in [-0.2, 0) is 11.3 Å². The minimum Gasteiger partial charge on any atom is -0.465 e. The molecule has 0 bridgehead atoms. The van der Waals surface area contributed by atoms with Gasteiger partial charge >= 0.3 is 6.09 Å². The van der Waals surface area contributed by atoms with E-state index in [1.54, 1.807) is 31.2 Å². The molecule has 1 aliphatic heterocycles. The Morgan fingerprint density at radius 3 is 2.73 bits per heavy atom. The number of hydroxylamine groups is 2. The van der Waals surface area contributed by atoms with E-state index < -0.39 is 6.09 Å². The van der Waals surface area contributed by atoms with Crippen LogP contribution in [0.5, 0.6) is 11.5 Å². The summed E-state index contributed by atoms with van der Waals surface area (Å²) in [4.78, 5) is 33.9. The van der Waals surface area contributed by atoms with Crippen molar-refractivity contribution in [3.05, 3.63) is 47.8 Å². The van der Waals surface area contributed by atoms with E-state index in [0.29, 0.717) is 36.7 Å². The van der Waals surface area contributed by atoms with Gasteiger partial charge in [0.25, 0.3) is 5.91 Å². The van der Waals surface area contributed by atoms with Gasteiger partial charge in [0.1, 0.15) is 17.2 Å². The fraction of sp³-hybridized carbons (Fsp3) is 0.278. The molecule has 1 N–H and O–H groups in total. The summed E-state index contributed by atoms with van der Waals surface area (Å²) < 4.78 is 5.82. The van der Waals surface area contributed by atoms with Gasteiger partial charge in [-0.15, -0.1) is 0 Å². The fourth-order valence-corrected chi connectivity index (χ4v) is 2.85. The number of anilines is 1. The van der Waals surface area contributed by atoms with Gasteiger partial charge in [0.15, 0.2) is 0 Å². The molecule has 26 heavy (non-hydrogen) atoms. The van der Waals surface area contributed by atoms with Crippen molar-refractivity contribution in [2.24, 2.45) is 0 Å². The number of benzene rings is 1. The van der Waals surface area contributed by atoms with Crippen LogP contribution in [0.4, 0.5) is 10.5 Å². The molecule has 136 valence electrons. The Bertz CT molecular complexity index is 835. The van der Waals surface area contributed by atoms with Gasteiger partial charge in [0.2, 0.25) is 0 Å². The molecule has 0 saturated heterocycles. The van der Waals surface area contributed by atoms with E-state index in [4.69, 9.17) is 9.57 Å². The molecule has 0 radical (unpaired) electrons. The summed E-state index contributed by atoms with van der Waals surface area (Å²) in [6.45, 7) is 2.63. The fourth-order valence-electron chi connectivity index (χ4n) is 2.85. The quantitative estimate of drug-likeness (QED) is 0.827. The Hall–Kier alpha value is -3.13. The van der Waals surface area contributed by atoms with Crippen LogP contribution in [0.2, 0.25) is 0 Å². The molecule has 0 aliphatic carbocycles. The number of pyridine rings is 1. The second-order valence-corrected chi connectivity index (χ2v) is 5.64. The van der Waals surface area contributed by atoms with E-state index in [0.717, 1.165) is 5.56 Å². The summed E-state index contributed by atoms with van der Waals surface area (Å²) in [5.74, 6) is 0.676. The largest absolute Gasteiger partial charge is 0.465 e. The molecular weight excluding hydrogens is 338 g/mol. The molecule has 0 atom stereocenters. The molecule has 0 fully saturated rings. The summed E-state index contributed by atoms with van der Waals surface area (Å²) >= 11 is 0. The Morgan fingerprint density at radius 2 is 2.04 bits per heavy atom. The van der Waals surface area contributed by atoms with Crippen LogP contribution in [-0.4, -0.2) is 47.4 Å². The highest BCUT2D eigenvalue weighted by Crippen LogP contribution is 2.33. The number of carbonyl (C=O) groups is 2. The summed E-state index contributed by atoms with van der Waals surface area (Å²) in [6.07, 6.45) is 1.16. The zero-order valence-corrected chi connectivity index (χ0v) is 14.5. The van der Waals surface area contributed by atoms with Crippen LogP contribution >= 0.6 is 0 Å². The first-order valence-electron chi connectivity index (χ1n) is 8.16. The molecule has 1 aliphatic rings. The molecule has 8 heteroatoms. The minimum absolute atomic E-state index is 0.212. The molecule has 1 aromatic heterocycles. The van der Waals surface area contributed by atoms with E-state index in [9.17, 15) is 14.7 Å². The molecule has 0 unspecified atom stereocenters. The average molecular weight is 357 g/mol. The number of aromatic nitrogens is 1. The third kappa shape index (κ3) is 3.45. The van der Waals surface area contributed by atoms with Gasteiger partial charge in [0, 0.05) is 25.4 Å². The Kier molecular flexibility index (Phi) is 5.04. The highest BCUT2D eigenvalue weighted by Gasteiger charge is 2.24. The zero-order valence-electron chi connectivity index (χ0n) is 14.5. The van der Waals surface area contributed by atoms with Crippen LogP contribution < -0.4 is 9.64 Å². The molecule has 0 spiro atoms. The number of amides is 2. The number of fused-ring (bicyclic) bond motifs is 1. The lowest BCUT2D eigenvalue weighted by atomic mass is 10.1. The summed E-state index contributed by atoms with van der Waals surface area (Å²) in [6, 6.07) is 8.43. The Morgan fingerprint density at radius 1 is 1.27 bits per heavy atom. The number of carboxylic acid groups (broad SMARTS) is 1. The first kappa shape index (κ1) is 17.7. The van der Waals surface area contributed by atoms with Gasteiger partial charge in [-0.05, 0) is 43.2 Å². The van der Waals surface area contributed by atoms with Gasteiger partial charge in [0.05, 0.1) is 12.8 Å². The summed E-state index contributed by atoms with van der Waals surface area (Å²) in [7, 11) is 1.42. The smallest absolute Gasteiger partial charge is 0.411 e. The number of nitrogens with zero attached hydrogens (tertiary/aromatic N) is 3. The predicted octanol–water partition coefficient (Wildman–Crippen LogP) is 2.94. The number of carbonyl (C=O) groups excluding carboxylic acids is 1. The monoisotopic (exact) mass is 357 g/mol. The summed E-state index contributed by atoms with van der Waals surface area (Å²) in [5.41, 5.74) is 1.80. The highest BCUT2D eigenvalue weighted by atomic mass is 16.7. The normalized spacial score (nSPS) is 12.6. The molecule has 2 amide bonds. The van der Waals surface area contributed by atoms with Crippen molar-refractivity contribution in [1.29, 1.82) is 0 Å². The molecule has 2 aromatic rings. The molecule has 3 rings (SSSR count). The van der Waals surface area contributed by atoms with E-state index in [1.807, 2.05) is 6.07 Å². The third-order valence-corrected chi connectivity index (χ3v) is 4.10. The van der Waals surface area contributed by atoms with Crippen LogP contribution in [0.15, 0.2) is 36.5 Å². The van der Waals surface area contributed by atoms with Crippen LogP contribution in [0.3, 0.4) is 0 Å². The Labute approximate surface area is 150 Å². The van der Waals surface area contributed by atoms with Gasteiger partial charge in [-0.25, -0.2) is 9.86 Å². The molecule has 1 aromatic carbocycles. The van der Waals surface area contributed by atoms with Crippen molar-refractivity contribution in [3.8, 4) is 11.5 Å². The maximum absolute atomic E-state index is 12.3. The maximum atomic E-state index is 12.3. The molecular formula is C18H19N3O5. The predicted molar refractivity (Wildman–Crippen MR) is 93.5 cm³/mol. The van der Waals surface area contributed by atoms with Gasteiger partial charge < -0.3 is 9.84 Å². The van der Waals surface area contributed by atoms with Crippen molar-refractivity contribution in [1.82, 2.24) is 10.0 Å². The first-order valence-corrected chi connectivity index (χ1v) is 8.16. The number of ether oxygens (including phenoxy) is 1. The number of hydrogen-bond acceptors (Lipinski definition) is 5. The minimum atomic E-state index is -0.965. The van der Waals surface area contributed by atoms with Crippen molar-refractivity contribution < 1.29 is 24.3 Å². The third-order valence-electron chi connectivity index (χ3n) is 4.10. The van der Waals surface area contributed by atoms with Crippen molar-refractivity contribution in [2.45, 2.75) is 13.3 Å².